The third-order valence-electron chi connectivity index (χ3n) is 5.30. The number of benzene rings is 2. The Kier molecular flexibility index (Phi) is 8.22. The second kappa shape index (κ2) is 10.9. The fourth-order valence-electron chi connectivity index (χ4n) is 3.58. The number of carbonyl (C=O) groups excluding carboxylic acids is 1. The topological polar surface area (TPSA) is 88.2 Å². The highest BCUT2D eigenvalue weighted by Crippen LogP contribution is 2.27. The summed E-state index contributed by atoms with van der Waals surface area (Å²) in [5.41, 5.74) is 1.73. The van der Waals surface area contributed by atoms with Crippen molar-refractivity contribution in [2.45, 2.75) is 6.42 Å². The first-order valence-electron chi connectivity index (χ1n) is 10.3. The first kappa shape index (κ1) is 24.2. The summed E-state index contributed by atoms with van der Waals surface area (Å²) in [6.07, 6.45) is 0.124. The van der Waals surface area contributed by atoms with Crippen molar-refractivity contribution in [1.82, 2.24) is 9.62 Å². The molecule has 0 spiro atoms. The van der Waals surface area contributed by atoms with Gasteiger partial charge in [-0.25, -0.2) is 8.42 Å². The summed E-state index contributed by atoms with van der Waals surface area (Å²) in [7, 11) is -0.383. The van der Waals surface area contributed by atoms with Crippen LogP contribution in [-0.4, -0.2) is 71.3 Å². The highest BCUT2D eigenvalue weighted by atomic mass is 35.5. The summed E-state index contributed by atoms with van der Waals surface area (Å²) in [6, 6.07) is 12.8. The second-order valence-corrected chi connectivity index (χ2v) is 9.92. The number of nitrogens with zero attached hydrogens (tertiary/aromatic N) is 2. The monoisotopic (exact) mass is 481 g/mol. The van der Waals surface area contributed by atoms with Crippen LogP contribution in [0.2, 0.25) is 5.02 Å². The Morgan fingerprint density at radius 1 is 1.03 bits per heavy atom. The molecule has 1 amide bonds. The molecule has 0 aliphatic carbocycles. The molecule has 8 nitrogen and oxygen atoms in total. The van der Waals surface area contributed by atoms with Gasteiger partial charge in [0, 0.05) is 43.4 Å². The van der Waals surface area contributed by atoms with E-state index < -0.39 is 10.0 Å². The minimum atomic E-state index is -3.46. The van der Waals surface area contributed by atoms with Crippen molar-refractivity contribution in [3.05, 3.63) is 53.1 Å². The first-order chi connectivity index (χ1) is 15.3. The fraction of sp³-hybridized carbons (Fsp3) is 0.409. The predicted octanol–water partition coefficient (Wildman–Crippen LogP) is 2.17. The van der Waals surface area contributed by atoms with Gasteiger partial charge in [0.2, 0.25) is 15.9 Å². The number of sulfonamides is 1. The van der Waals surface area contributed by atoms with E-state index in [1.54, 1.807) is 25.3 Å². The Hall–Kier alpha value is -2.49. The van der Waals surface area contributed by atoms with Crippen LogP contribution in [0.4, 0.5) is 5.69 Å². The van der Waals surface area contributed by atoms with Crippen LogP contribution < -0.4 is 19.7 Å². The molecule has 1 N–H and O–H groups in total. The Morgan fingerprint density at radius 2 is 1.75 bits per heavy atom. The van der Waals surface area contributed by atoms with Crippen LogP contribution in [0.3, 0.4) is 0 Å². The van der Waals surface area contributed by atoms with Gasteiger partial charge in [-0.1, -0.05) is 23.7 Å². The van der Waals surface area contributed by atoms with Crippen molar-refractivity contribution in [3.63, 3.8) is 0 Å². The van der Waals surface area contributed by atoms with Gasteiger partial charge < -0.3 is 19.7 Å². The number of amides is 1. The van der Waals surface area contributed by atoms with Gasteiger partial charge in [-0.05, 0) is 35.9 Å². The molecule has 2 aromatic rings. The Labute approximate surface area is 194 Å². The van der Waals surface area contributed by atoms with Crippen LogP contribution in [0.1, 0.15) is 5.56 Å². The third kappa shape index (κ3) is 6.27. The highest BCUT2D eigenvalue weighted by molar-refractivity contribution is 7.89. The Bertz CT molecular complexity index is 1040. The van der Waals surface area contributed by atoms with Crippen LogP contribution in [0, 0.1) is 0 Å². The number of halogens is 1. The normalized spacial score (nSPS) is 14.8. The lowest BCUT2D eigenvalue weighted by Crippen LogP contribution is -2.50. The van der Waals surface area contributed by atoms with Crippen LogP contribution in [0.15, 0.2) is 42.5 Å². The van der Waals surface area contributed by atoms with E-state index >= 15 is 0 Å². The van der Waals surface area contributed by atoms with Gasteiger partial charge in [0.15, 0.2) is 11.5 Å². The van der Waals surface area contributed by atoms with E-state index in [1.807, 2.05) is 24.3 Å². The molecule has 0 radical (unpaired) electrons. The van der Waals surface area contributed by atoms with Crippen molar-refractivity contribution < 1.29 is 22.7 Å². The lowest BCUT2D eigenvalue weighted by atomic mass is 10.1. The van der Waals surface area contributed by atoms with Crippen LogP contribution >= 0.6 is 11.6 Å². The molecule has 1 aliphatic heterocycles. The molecule has 0 unspecified atom stereocenters. The summed E-state index contributed by atoms with van der Waals surface area (Å²) in [4.78, 5) is 14.4. The van der Waals surface area contributed by atoms with Gasteiger partial charge in [0.1, 0.15) is 0 Å². The summed E-state index contributed by atoms with van der Waals surface area (Å²) in [5.74, 6) is 0.732. The predicted molar refractivity (Wildman–Crippen MR) is 125 cm³/mol. The van der Waals surface area contributed by atoms with E-state index in [-0.39, 0.29) is 24.6 Å². The lowest BCUT2D eigenvalue weighted by Gasteiger charge is -2.35. The summed E-state index contributed by atoms with van der Waals surface area (Å²) in [5, 5.41) is 3.35. The molecule has 1 aliphatic rings. The SMILES string of the molecule is COc1ccc(CC(=O)NCCS(=O)(=O)N2CCN(c3cccc(Cl)c3)CC2)cc1OC. The molecular formula is C22H28ClN3O5S. The van der Waals surface area contributed by atoms with Crippen LogP contribution in [0.5, 0.6) is 11.5 Å². The smallest absolute Gasteiger partial charge is 0.224 e. The molecule has 1 fully saturated rings. The Morgan fingerprint density at radius 3 is 2.41 bits per heavy atom. The number of nitrogens with one attached hydrogen (secondary N) is 1. The maximum atomic E-state index is 12.7. The number of rotatable bonds is 9. The standard InChI is InChI=1S/C22H28ClN3O5S/c1-30-20-7-6-17(14-21(20)31-2)15-22(27)24-8-13-32(28,29)26-11-9-25(10-12-26)19-5-3-4-18(23)16-19/h3-7,14,16H,8-13,15H2,1-2H3,(H,24,27). The molecule has 0 aromatic heterocycles. The molecule has 0 saturated carbocycles. The maximum absolute atomic E-state index is 12.7. The maximum Gasteiger partial charge on any atom is 0.224 e. The molecule has 174 valence electrons. The molecule has 32 heavy (non-hydrogen) atoms. The van der Waals surface area contributed by atoms with E-state index in [2.05, 4.69) is 10.2 Å². The molecule has 0 atom stereocenters. The molecule has 0 bridgehead atoms. The van der Waals surface area contributed by atoms with Gasteiger partial charge in [-0.3, -0.25) is 4.79 Å². The van der Waals surface area contributed by atoms with Crippen LogP contribution in [-0.2, 0) is 21.2 Å². The minimum absolute atomic E-state index is 0.0585. The fourth-order valence-corrected chi connectivity index (χ4v) is 5.11. The number of hydrogen-bond acceptors (Lipinski definition) is 6. The molecule has 10 heteroatoms. The molecule has 1 saturated heterocycles. The minimum Gasteiger partial charge on any atom is -0.493 e. The summed E-state index contributed by atoms with van der Waals surface area (Å²) in [6.45, 7) is 2.03. The third-order valence-corrected chi connectivity index (χ3v) is 7.41. The molecule has 2 aromatic carbocycles. The van der Waals surface area contributed by atoms with Crippen LogP contribution in [0.25, 0.3) is 0 Å². The van der Waals surface area contributed by atoms with Gasteiger partial charge in [-0.2, -0.15) is 4.31 Å². The largest absolute Gasteiger partial charge is 0.493 e. The van der Waals surface area contributed by atoms with Crippen molar-refractivity contribution in [2.24, 2.45) is 0 Å². The van der Waals surface area contributed by atoms with Crippen molar-refractivity contribution in [3.8, 4) is 11.5 Å². The van der Waals surface area contributed by atoms with Crippen molar-refractivity contribution in [1.29, 1.82) is 0 Å². The zero-order valence-corrected chi connectivity index (χ0v) is 19.8. The van der Waals surface area contributed by atoms with Gasteiger partial charge in [0.05, 0.1) is 26.4 Å². The average molecular weight is 482 g/mol. The first-order valence-corrected chi connectivity index (χ1v) is 12.3. The molecule has 1 heterocycles. The number of anilines is 1. The number of carbonyl (C=O) groups is 1. The Balaban J connectivity index is 1.46. The zero-order chi connectivity index (χ0) is 23.1. The van der Waals surface area contributed by atoms with Gasteiger partial charge in [0.25, 0.3) is 0 Å². The van der Waals surface area contributed by atoms with E-state index in [4.69, 9.17) is 21.1 Å². The van der Waals surface area contributed by atoms with Gasteiger partial charge in [-0.15, -0.1) is 0 Å². The lowest BCUT2D eigenvalue weighted by molar-refractivity contribution is -0.120. The highest BCUT2D eigenvalue weighted by Gasteiger charge is 2.27. The van der Waals surface area contributed by atoms with Crippen molar-refractivity contribution >= 4 is 33.2 Å². The summed E-state index contributed by atoms with van der Waals surface area (Å²) >= 11 is 6.05. The molecular weight excluding hydrogens is 454 g/mol. The van der Waals surface area contributed by atoms with E-state index in [0.717, 1.165) is 11.3 Å². The van der Waals surface area contributed by atoms with E-state index in [1.165, 1.54) is 11.4 Å². The molecule has 3 rings (SSSR count). The number of piperazine rings is 1. The van der Waals surface area contributed by atoms with Crippen molar-refractivity contribution in [2.75, 3.05) is 57.6 Å². The zero-order valence-electron chi connectivity index (χ0n) is 18.2. The summed E-state index contributed by atoms with van der Waals surface area (Å²) < 4.78 is 37.3. The number of methoxy groups -OCH3 is 2. The number of ether oxygens (including phenoxy) is 2. The average Bonchev–Trinajstić information content (AvgIpc) is 2.79. The van der Waals surface area contributed by atoms with Gasteiger partial charge >= 0.3 is 0 Å². The van der Waals surface area contributed by atoms with E-state index in [0.29, 0.717) is 42.7 Å². The number of hydrogen-bond donors (Lipinski definition) is 1. The second-order valence-electron chi connectivity index (χ2n) is 7.40. The van der Waals surface area contributed by atoms with E-state index in [9.17, 15) is 13.2 Å². The quantitative estimate of drug-likeness (QED) is 0.590.